The van der Waals surface area contributed by atoms with E-state index in [0.717, 1.165) is 23.0 Å². The van der Waals surface area contributed by atoms with Gasteiger partial charge in [-0.1, -0.05) is 12.1 Å². The highest BCUT2D eigenvalue weighted by Crippen LogP contribution is 2.38. The molecule has 0 fully saturated rings. The quantitative estimate of drug-likeness (QED) is 0.851. The van der Waals surface area contributed by atoms with Gasteiger partial charge in [0.25, 0.3) is 0 Å². The molecule has 0 unspecified atom stereocenters. The number of hydrogen-bond donors (Lipinski definition) is 1. The maximum absolute atomic E-state index is 12.7. The van der Waals surface area contributed by atoms with Gasteiger partial charge in [0.2, 0.25) is 0 Å². The molecule has 1 nitrogen and oxygen atoms in total. The SMILES string of the molecule is CNCc1csc2c(C(F)(F)F)cccc12. The molecule has 0 atom stereocenters. The average Bonchev–Trinajstić information content (AvgIpc) is 2.61. The average molecular weight is 245 g/mol. The first-order valence-corrected chi connectivity index (χ1v) is 5.63. The number of thiophene rings is 1. The molecule has 1 N–H and O–H groups in total. The molecule has 0 spiro atoms. The van der Waals surface area contributed by atoms with Crippen LogP contribution in [0.3, 0.4) is 0 Å². The lowest BCUT2D eigenvalue weighted by Gasteiger charge is -2.07. The molecule has 0 amide bonds. The van der Waals surface area contributed by atoms with Gasteiger partial charge in [-0.3, -0.25) is 0 Å². The van der Waals surface area contributed by atoms with E-state index >= 15 is 0 Å². The van der Waals surface area contributed by atoms with Crippen molar-refractivity contribution in [2.45, 2.75) is 12.7 Å². The van der Waals surface area contributed by atoms with Gasteiger partial charge in [-0.25, -0.2) is 0 Å². The second-order valence-electron chi connectivity index (χ2n) is 3.47. The molecule has 16 heavy (non-hydrogen) atoms. The molecule has 0 radical (unpaired) electrons. The summed E-state index contributed by atoms with van der Waals surface area (Å²) in [6.07, 6.45) is -4.28. The minimum atomic E-state index is -4.28. The van der Waals surface area contributed by atoms with Crippen molar-refractivity contribution in [3.8, 4) is 0 Å². The van der Waals surface area contributed by atoms with Gasteiger partial charge >= 0.3 is 6.18 Å². The number of alkyl halides is 3. The molecule has 0 aliphatic carbocycles. The lowest BCUT2D eigenvalue weighted by atomic mass is 10.1. The van der Waals surface area contributed by atoms with E-state index in [0.29, 0.717) is 16.6 Å². The number of hydrogen-bond acceptors (Lipinski definition) is 2. The van der Waals surface area contributed by atoms with Crippen LogP contribution in [0, 0.1) is 0 Å². The fraction of sp³-hybridized carbons (Fsp3) is 0.273. The van der Waals surface area contributed by atoms with Crippen LogP contribution in [0.2, 0.25) is 0 Å². The van der Waals surface area contributed by atoms with Crippen LogP contribution >= 0.6 is 11.3 Å². The summed E-state index contributed by atoms with van der Waals surface area (Å²) in [6, 6.07) is 4.31. The van der Waals surface area contributed by atoms with Gasteiger partial charge in [-0.2, -0.15) is 13.2 Å². The van der Waals surface area contributed by atoms with Crippen LogP contribution in [-0.2, 0) is 12.7 Å². The van der Waals surface area contributed by atoms with Crippen molar-refractivity contribution in [1.82, 2.24) is 5.32 Å². The Morgan fingerprint density at radius 1 is 1.31 bits per heavy atom. The van der Waals surface area contributed by atoms with Crippen molar-refractivity contribution in [2.75, 3.05) is 7.05 Å². The van der Waals surface area contributed by atoms with Crippen molar-refractivity contribution in [3.63, 3.8) is 0 Å². The van der Waals surface area contributed by atoms with Crippen LogP contribution in [0.15, 0.2) is 23.6 Å². The smallest absolute Gasteiger partial charge is 0.316 e. The molecule has 1 aromatic carbocycles. The Bertz CT molecular complexity index is 501. The molecule has 0 bridgehead atoms. The van der Waals surface area contributed by atoms with Crippen molar-refractivity contribution in [1.29, 1.82) is 0 Å². The summed E-state index contributed by atoms with van der Waals surface area (Å²) in [5.41, 5.74) is 0.367. The lowest BCUT2D eigenvalue weighted by molar-refractivity contribution is -0.136. The highest BCUT2D eigenvalue weighted by molar-refractivity contribution is 7.17. The number of halogens is 3. The summed E-state index contributed by atoms with van der Waals surface area (Å²) in [5, 5.41) is 5.41. The molecule has 2 aromatic rings. The van der Waals surface area contributed by atoms with E-state index in [1.807, 2.05) is 0 Å². The van der Waals surface area contributed by atoms with E-state index in [1.165, 1.54) is 6.07 Å². The predicted molar refractivity (Wildman–Crippen MR) is 59.6 cm³/mol. The predicted octanol–water partition coefficient (Wildman–Crippen LogP) is 3.64. The molecular formula is C11H10F3NS. The van der Waals surface area contributed by atoms with E-state index < -0.39 is 11.7 Å². The Balaban J connectivity index is 2.62. The first-order chi connectivity index (χ1) is 7.54. The van der Waals surface area contributed by atoms with Crippen molar-refractivity contribution < 1.29 is 13.2 Å². The number of fused-ring (bicyclic) bond motifs is 1. The van der Waals surface area contributed by atoms with E-state index in [9.17, 15) is 13.2 Å². The van der Waals surface area contributed by atoms with Gasteiger partial charge in [0.05, 0.1) is 5.56 Å². The summed E-state index contributed by atoms with van der Waals surface area (Å²) < 4.78 is 38.4. The van der Waals surface area contributed by atoms with E-state index in [4.69, 9.17) is 0 Å². The van der Waals surface area contributed by atoms with Crippen molar-refractivity contribution >= 4 is 21.4 Å². The zero-order chi connectivity index (χ0) is 11.8. The Kier molecular flexibility index (Phi) is 2.90. The molecule has 0 saturated heterocycles. The van der Waals surface area contributed by atoms with Crippen LogP contribution in [0.1, 0.15) is 11.1 Å². The Morgan fingerprint density at radius 3 is 2.69 bits per heavy atom. The fourth-order valence-electron chi connectivity index (χ4n) is 1.66. The van der Waals surface area contributed by atoms with E-state index in [-0.39, 0.29) is 0 Å². The van der Waals surface area contributed by atoms with Crippen molar-refractivity contribution in [2.24, 2.45) is 0 Å². The monoisotopic (exact) mass is 245 g/mol. The van der Waals surface area contributed by atoms with E-state index in [1.54, 1.807) is 18.5 Å². The minimum Gasteiger partial charge on any atom is -0.316 e. The van der Waals surface area contributed by atoms with Crippen LogP contribution < -0.4 is 5.32 Å². The van der Waals surface area contributed by atoms with Gasteiger partial charge in [0.15, 0.2) is 0 Å². The van der Waals surface area contributed by atoms with Crippen LogP contribution in [0.5, 0.6) is 0 Å². The zero-order valence-electron chi connectivity index (χ0n) is 8.56. The molecule has 0 aliphatic heterocycles. The van der Waals surface area contributed by atoms with Crippen LogP contribution in [0.25, 0.3) is 10.1 Å². The normalized spacial score (nSPS) is 12.2. The Morgan fingerprint density at radius 2 is 2.06 bits per heavy atom. The third kappa shape index (κ3) is 1.92. The highest BCUT2D eigenvalue weighted by Gasteiger charge is 2.33. The molecular weight excluding hydrogens is 235 g/mol. The van der Waals surface area contributed by atoms with Crippen LogP contribution in [-0.4, -0.2) is 7.05 Å². The largest absolute Gasteiger partial charge is 0.417 e. The van der Waals surface area contributed by atoms with Crippen LogP contribution in [0.4, 0.5) is 13.2 Å². The maximum Gasteiger partial charge on any atom is 0.417 e. The number of nitrogens with one attached hydrogen (secondary N) is 1. The summed E-state index contributed by atoms with van der Waals surface area (Å²) in [5.74, 6) is 0. The standard InChI is InChI=1S/C11H10F3NS/c1-15-5-7-6-16-10-8(7)3-2-4-9(10)11(12,13)14/h2-4,6,15H,5H2,1H3. The third-order valence-corrected chi connectivity index (χ3v) is 3.43. The molecule has 86 valence electrons. The number of benzene rings is 1. The van der Waals surface area contributed by atoms with Gasteiger partial charge in [-0.05, 0) is 29.4 Å². The molecule has 1 heterocycles. The van der Waals surface area contributed by atoms with Gasteiger partial charge in [0.1, 0.15) is 0 Å². The number of rotatable bonds is 2. The topological polar surface area (TPSA) is 12.0 Å². The first-order valence-electron chi connectivity index (χ1n) is 4.75. The van der Waals surface area contributed by atoms with Gasteiger partial charge in [0, 0.05) is 11.2 Å². The zero-order valence-corrected chi connectivity index (χ0v) is 9.38. The van der Waals surface area contributed by atoms with E-state index in [2.05, 4.69) is 5.32 Å². The molecule has 0 aliphatic rings. The summed E-state index contributed by atoms with van der Waals surface area (Å²) in [6.45, 7) is 0.585. The maximum atomic E-state index is 12.7. The first kappa shape index (κ1) is 11.4. The highest BCUT2D eigenvalue weighted by atomic mass is 32.1. The fourth-order valence-corrected chi connectivity index (χ4v) is 2.77. The molecule has 2 rings (SSSR count). The Labute approximate surface area is 94.9 Å². The summed E-state index contributed by atoms with van der Waals surface area (Å²) >= 11 is 1.15. The summed E-state index contributed by atoms with van der Waals surface area (Å²) in [4.78, 5) is 0. The molecule has 5 heteroatoms. The van der Waals surface area contributed by atoms with Gasteiger partial charge in [-0.15, -0.1) is 11.3 Å². The lowest BCUT2D eigenvalue weighted by Crippen LogP contribution is -2.06. The summed E-state index contributed by atoms with van der Waals surface area (Å²) in [7, 11) is 1.77. The third-order valence-electron chi connectivity index (χ3n) is 2.35. The van der Waals surface area contributed by atoms with Gasteiger partial charge < -0.3 is 5.32 Å². The minimum absolute atomic E-state index is 0.320. The molecule has 1 aromatic heterocycles. The second kappa shape index (κ2) is 4.07. The Hall–Kier alpha value is -1.07. The molecule has 0 saturated carbocycles. The second-order valence-corrected chi connectivity index (χ2v) is 4.35. The van der Waals surface area contributed by atoms with Crippen molar-refractivity contribution in [3.05, 3.63) is 34.7 Å².